The van der Waals surface area contributed by atoms with Crippen molar-refractivity contribution in [2.45, 2.75) is 44.7 Å². The molecular formula is C22H27NO5. The first-order valence-electron chi connectivity index (χ1n) is 9.98. The number of carbonyl (C=O) groups is 2. The molecule has 0 saturated carbocycles. The topological polar surface area (TPSA) is 65.1 Å². The van der Waals surface area contributed by atoms with Gasteiger partial charge in [0.05, 0.1) is 24.7 Å². The van der Waals surface area contributed by atoms with Crippen LogP contribution in [0.25, 0.3) is 0 Å². The molecule has 1 amide bonds. The number of hydrogen-bond acceptors (Lipinski definition) is 5. The van der Waals surface area contributed by atoms with Gasteiger partial charge in [0, 0.05) is 13.2 Å². The van der Waals surface area contributed by atoms with Crippen LogP contribution < -0.4 is 0 Å². The number of nitrogens with zero attached hydrogens (tertiary/aromatic N) is 1. The fourth-order valence-electron chi connectivity index (χ4n) is 4.44. The molecule has 4 rings (SSSR count). The third-order valence-corrected chi connectivity index (χ3v) is 5.70. The largest absolute Gasteiger partial charge is 0.460 e. The van der Waals surface area contributed by atoms with Crippen molar-refractivity contribution in [3.63, 3.8) is 0 Å². The Morgan fingerprint density at radius 2 is 2.11 bits per heavy atom. The molecule has 1 spiro atoms. The molecule has 6 heteroatoms. The molecule has 0 N–H and O–H groups in total. The normalized spacial score (nSPS) is 30.3. The van der Waals surface area contributed by atoms with Crippen molar-refractivity contribution >= 4 is 11.9 Å². The first-order chi connectivity index (χ1) is 13.5. The predicted molar refractivity (Wildman–Crippen MR) is 102 cm³/mol. The molecule has 0 aromatic heterocycles. The predicted octanol–water partition coefficient (Wildman–Crippen LogP) is 2.33. The van der Waals surface area contributed by atoms with Crippen molar-refractivity contribution in [2.75, 3.05) is 19.7 Å². The van der Waals surface area contributed by atoms with Crippen LogP contribution in [0, 0.1) is 11.8 Å². The number of ether oxygens (including phenoxy) is 3. The average molecular weight is 385 g/mol. The van der Waals surface area contributed by atoms with Gasteiger partial charge in [-0.05, 0) is 25.8 Å². The molecule has 1 aromatic rings. The molecule has 0 radical (unpaired) electrons. The van der Waals surface area contributed by atoms with Gasteiger partial charge >= 0.3 is 5.97 Å². The first-order valence-corrected chi connectivity index (χ1v) is 9.98. The maximum Gasteiger partial charge on any atom is 0.313 e. The van der Waals surface area contributed by atoms with Crippen molar-refractivity contribution in [2.24, 2.45) is 11.8 Å². The minimum atomic E-state index is -0.683. The van der Waals surface area contributed by atoms with Gasteiger partial charge in [0.15, 0.2) is 0 Å². The zero-order valence-corrected chi connectivity index (χ0v) is 16.4. The number of benzene rings is 1. The molecule has 3 aliphatic rings. The molecule has 1 aromatic carbocycles. The summed E-state index contributed by atoms with van der Waals surface area (Å²) in [6, 6.07) is 9.55. The lowest BCUT2D eigenvalue weighted by Gasteiger charge is -2.22. The zero-order valence-electron chi connectivity index (χ0n) is 16.4. The van der Waals surface area contributed by atoms with E-state index in [0.717, 1.165) is 12.0 Å². The summed E-state index contributed by atoms with van der Waals surface area (Å²) in [5, 5.41) is 0. The van der Waals surface area contributed by atoms with E-state index in [2.05, 4.69) is 0 Å². The van der Waals surface area contributed by atoms with E-state index in [9.17, 15) is 9.59 Å². The number of amides is 1. The zero-order chi connectivity index (χ0) is 19.7. The molecular weight excluding hydrogens is 358 g/mol. The van der Waals surface area contributed by atoms with Gasteiger partial charge in [0.2, 0.25) is 5.91 Å². The van der Waals surface area contributed by atoms with Crippen molar-refractivity contribution in [1.29, 1.82) is 0 Å². The Morgan fingerprint density at radius 3 is 2.86 bits per heavy atom. The summed E-state index contributed by atoms with van der Waals surface area (Å²) in [6.45, 7) is 5.91. The Balaban J connectivity index is 1.39. The molecule has 28 heavy (non-hydrogen) atoms. The van der Waals surface area contributed by atoms with Crippen LogP contribution in [0.2, 0.25) is 0 Å². The molecule has 150 valence electrons. The van der Waals surface area contributed by atoms with Crippen LogP contribution in [0.15, 0.2) is 42.5 Å². The van der Waals surface area contributed by atoms with Gasteiger partial charge in [0.1, 0.15) is 18.1 Å². The number of likely N-dealkylation sites (tertiary alicyclic amines) is 1. The molecule has 2 bridgehead atoms. The summed E-state index contributed by atoms with van der Waals surface area (Å²) in [5.74, 6) is -1.43. The molecule has 3 aliphatic heterocycles. The van der Waals surface area contributed by atoms with Gasteiger partial charge in [-0.1, -0.05) is 42.5 Å². The monoisotopic (exact) mass is 385 g/mol. The van der Waals surface area contributed by atoms with Gasteiger partial charge in [-0.3, -0.25) is 9.59 Å². The smallest absolute Gasteiger partial charge is 0.313 e. The second kappa shape index (κ2) is 7.68. The summed E-state index contributed by atoms with van der Waals surface area (Å²) >= 11 is 0. The van der Waals surface area contributed by atoms with Crippen molar-refractivity contribution < 1.29 is 23.8 Å². The number of carbonyl (C=O) groups excluding carboxylic acids is 2. The van der Waals surface area contributed by atoms with Crippen LogP contribution in [0.3, 0.4) is 0 Å². The third-order valence-electron chi connectivity index (χ3n) is 5.70. The molecule has 0 unspecified atom stereocenters. The Bertz CT molecular complexity index is 761. The van der Waals surface area contributed by atoms with Gasteiger partial charge in [0.25, 0.3) is 0 Å². The third kappa shape index (κ3) is 3.47. The average Bonchev–Trinajstić information content (AvgIpc) is 3.32. The summed E-state index contributed by atoms with van der Waals surface area (Å²) in [4.78, 5) is 27.7. The van der Waals surface area contributed by atoms with E-state index in [4.69, 9.17) is 14.2 Å². The van der Waals surface area contributed by atoms with E-state index >= 15 is 0 Å². The van der Waals surface area contributed by atoms with Gasteiger partial charge in [-0.25, -0.2) is 0 Å². The van der Waals surface area contributed by atoms with Crippen LogP contribution in [-0.4, -0.2) is 54.3 Å². The van der Waals surface area contributed by atoms with Crippen LogP contribution in [-0.2, 0) is 30.4 Å². The summed E-state index contributed by atoms with van der Waals surface area (Å²) in [6.07, 6.45) is 4.44. The van der Waals surface area contributed by atoms with Crippen LogP contribution in [0.5, 0.6) is 0 Å². The van der Waals surface area contributed by atoms with Gasteiger partial charge in [-0.15, -0.1) is 0 Å². The highest BCUT2D eigenvalue weighted by atomic mass is 16.6. The molecule has 2 fully saturated rings. The van der Waals surface area contributed by atoms with Crippen molar-refractivity contribution in [3.8, 4) is 0 Å². The van der Waals surface area contributed by atoms with Crippen LogP contribution in [0.4, 0.5) is 0 Å². The number of esters is 1. The molecule has 4 atom stereocenters. The second-order valence-electron chi connectivity index (χ2n) is 8.03. The van der Waals surface area contributed by atoms with Crippen molar-refractivity contribution in [1.82, 2.24) is 4.90 Å². The highest BCUT2D eigenvalue weighted by molar-refractivity contribution is 5.91. The van der Waals surface area contributed by atoms with E-state index in [1.807, 2.05) is 56.3 Å². The maximum absolute atomic E-state index is 13.1. The maximum atomic E-state index is 13.1. The summed E-state index contributed by atoms with van der Waals surface area (Å²) in [7, 11) is 0. The summed E-state index contributed by atoms with van der Waals surface area (Å²) < 4.78 is 17.2. The van der Waals surface area contributed by atoms with Crippen LogP contribution >= 0.6 is 0 Å². The van der Waals surface area contributed by atoms with E-state index in [1.54, 1.807) is 4.90 Å². The Hall–Kier alpha value is -2.18. The molecule has 0 aliphatic carbocycles. The number of hydrogen-bond donors (Lipinski definition) is 0. The van der Waals surface area contributed by atoms with E-state index in [1.165, 1.54) is 0 Å². The van der Waals surface area contributed by atoms with Crippen molar-refractivity contribution in [3.05, 3.63) is 48.0 Å². The van der Waals surface area contributed by atoms with Gasteiger partial charge < -0.3 is 19.1 Å². The Morgan fingerprint density at radius 1 is 1.32 bits per heavy atom. The van der Waals surface area contributed by atoms with E-state index in [-0.39, 0.29) is 30.7 Å². The van der Waals surface area contributed by atoms with Gasteiger partial charge in [-0.2, -0.15) is 0 Å². The minimum absolute atomic E-state index is 0.0157. The molecule has 2 saturated heterocycles. The Kier molecular flexibility index (Phi) is 5.25. The number of fused-ring (bicyclic) bond motifs is 1. The highest BCUT2D eigenvalue weighted by Gasteiger charge is 2.67. The lowest BCUT2D eigenvalue weighted by molar-refractivity contribution is -0.155. The summed E-state index contributed by atoms with van der Waals surface area (Å²) in [5.41, 5.74) is 0.242. The van der Waals surface area contributed by atoms with E-state index < -0.39 is 17.4 Å². The number of rotatable bonds is 8. The SMILES string of the molecule is CC(C)OCCCN1C[C@@]23C=C[C@H](O2)[C@H](C(=O)OCc2ccccc2)[C@H]3C1=O. The molecule has 6 nitrogen and oxygen atoms in total. The lowest BCUT2D eigenvalue weighted by atomic mass is 9.77. The van der Waals surface area contributed by atoms with E-state index in [0.29, 0.717) is 19.7 Å². The fraction of sp³-hybridized carbons (Fsp3) is 0.545. The fourth-order valence-corrected chi connectivity index (χ4v) is 4.44. The second-order valence-corrected chi connectivity index (χ2v) is 8.03. The molecule has 3 heterocycles. The Labute approximate surface area is 165 Å². The lowest BCUT2D eigenvalue weighted by Crippen LogP contribution is -2.40. The standard InChI is InChI=1S/C22H27NO5/c1-15(2)26-12-6-11-23-14-22-10-9-17(28-22)18(19(22)20(23)24)21(25)27-13-16-7-4-3-5-8-16/h3-5,7-10,15,17-19H,6,11-14H2,1-2H3/t17-,18-,19-,22+/m0/s1. The highest BCUT2D eigenvalue weighted by Crippen LogP contribution is 2.52. The first kappa shape index (κ1) is 19.2. The minimum Gasteiger partial charge on any atom is -0.460 e. The van der Waals surface area contributed by atoms with Crippen LogP contribution in [0.1, 0.15) is 25.8 Å². The quantitative estimate of drug-likeness (QED) is 0.390.